The van der Waals surface area contributed by atoms with E-state index in [0.29, 0.717) is 17.8 Å². The predicted molar refractivity (Wildman–Crippen MR) is 115 cm³/mol. The lowest BCUT2D eigenvalue weighted by molar-refractivity contribution is -0.116. The first-order valence-electron chi connectivity index (χ1n) is 10.0. The van der Waals surface area contributed by atoms with Gasteiger partial charge in [0.1, 0.15) is 5.82 Å². The number of carbonyl (C=O) groups excluding carboxylic acids is 1. The molecule has 4 heteroatoms. The maximum Gasteiger partial charge on any atom is 0.161 e. The van der Waals surface area contributed by atoms with Gasteiger partial charge in [0, 0.05) is 17.7 Å². The zero-order valence-electron chi connectivity index (χ0n) is 17.1. The summed E-state index contributed by atoms with van der Waals surface area (Å²) in [5.74, 6) is 0.152. The molecule has 0 amide bonds. The molecule has 4 rings (SSSR count). The van der Waals surface area contributed by atoms with Gasteiger partial charge in [0.2, 0.25) is 0 Å². The molecule has 0 bridgehead atoms. The molecule has 146 valence electrons. The van der Waals surface area contributed by atoms with Gasteiger partial charge in [-0.25, -0.2) is 0 Å². The van der Waals surface area contributed by atoms with Crippen LogP contribution >= 0.6 is 0 Å². The smallest absolute Gasteiger partial charge is 0.161 e. The Morgan fingerprint density at radius 1 is 1.07 bits per heavy atom. The molecule has 1 heterocycles. The quantitative estimate of drug-likeness (QED) is 0.799. The number of rotatable bonds is 2. The van der Waals surface area contributed by atoms with E-state index in [-0.39, 0.29) is 5.78 Å². The second-order valence-corrected chi connectivity index (χ2v) is 7.96. The van der Waals surface area contributed by atoms with Gasteiger partial charge in [-0.1, -0.05) is 42.0 Å². The van der Waals surface area contributed by atoms with E-state index in [1.54, 1.807) is 0 Å². The third kappa shape index (κ3) is 3.03. The standard InChI is InChI=1S/C25H25N3O/c1-15-11-12-18(17(3)13-15)23-19(14-26)25(27)28(20-8-5-4-7-16(20)2)21-9-6-10-22(29)24(21)23/h4-5,7-8,11-13,23H,6,9-10,27H2,1-3H3/t23-/m0/s1. The van der Waals surface area contributed by atoms with E-state index in [4.69, 9.17) is 5.73 Å². The molecular formula is C25H25N3O. The summed E-state index contributed by atoms with van der Waals surface area (Å²) >= 11 is 0. The van der Waals surface area contributed by atoms with Crippen molar-refractivity contribution >= 4 is 11.5 Å². The second-order valence-electron chi connectivity index (χ2n) is 7.96. The number of anilines is 1. The fraction of sp³-hybridized carbons (Fsp3) is 0.280. The summed E-state index contributed by atoms with van der Waals surface area (Å²) in [6.45, 7) is 6.11. The van der Waals surface area contributed by atoms with Crippen molar-refractivity contribution in [2.45, 2.75) is 46.0 Å². The molecule has 0 saturated carbocycles. The Labute approximate surface area is 171 Å². The fourth-order valence-corrected chi connectivity index (χ4v) is 4.64. The summed E-state index contributed by atoms with van der Waals surface area (Å²) in [5, 5.41) is 10.1. The topological polar surface area (TPSA) is 70.1 Å². The van der Waals surface area contributed by atoms with Crippen LogP contribution < -0.4 is 10.6 Å². The zero-order valence-corrected chi connectivity index (χ0v) is 17.1. The number of nitrogens with zero attached hydrogens (tertiary/aromatic N) is 2. The summed E-state index contributed by atoms with van der Waals surface area (Å²) < 4.78 is 0. The van der Waals surface area contributed by atoms with E-state index in [1.807, 2.05) is 62.1 Å². The molecule has 1 atom stereocenters. The monoisotopic (exact) mass is 383 g/mol. The van der Waals surface area contributed by atoms with Crippen molar-refractivity contribution in [3.8, 4) is 6.07 Å². The van der Waals surface area contributed by atoms with Crippen molar-refractivity contribution in [2.75, 3.05) is 4.90 Å². The lowest BCUT2D eigenvalue weighted by Crippen LogP contribution is -2.39. The lowest BCUT2D eigenvalue weighted by Gasteiger charge is -2.40. The Morgan fingerprint density at radius 3 is 2.52 bits per heavy atom. The first kappa shape index (κ1) is 19.0. The highest BCUT2D eigenvalue weighted by molar-refractivity contribution is 6.01. The summed E-state index contributed by atoms with van der Waals surface area (Å²) in [6, 6.07) is 16.5. The molecule has 1 aliphatic carbocycles. The van der Waals surface area contributed by atoms with Crippen molar-refractivity contribution < 1.29 is 4.79 Å². The van der Waals surface area contributed by atoms with Gasteiger partial charge in [0.15, 0.2) is 5.78 Å². The van der Waals surface area contributed by atoms with Gasteiger partial charge in [0.25, 0.3) is 0 Å². The van der Waals surface area contributed by atoms with Crippen molar-refractivity contribution in [3.63, 3.8) is 0 Å². The van der Waals surface area contributed by atoms with Gasteiger partial charge >= 0.3 is 0 Å². The Hall–Kier alpha value is -3.32. The van der Waals surface area contributed by atoms with E-state index in [9.17, 15) is 10.1 Å². The Bertz CT molecular complexity index is 1120. The lowest BCUT2D eigenvalue weighted by atomic mass is 9.74. The molecule has 2 aliphatic rings. The highest BCUT2D eigenvalue weighted by atomic mass is 16.1. The normalized spacial score (nSPS) is 19.3. The Balaban J connectivity index is 2.01. The maximum absolute atomic E-state index is 13.2. The molecule has 0 fully saturated rings. The van der Waals surface area contributed by atoms with Crippen LogP contribution in [0.15, 0.2) is 65.1 Å². The first-order valence-corrected chi connectivity index (χ1v) is 10.0. The summed E-state index contributed by atoms with van der Waals surface area (Å²) in [4.78, 5) is 15.1. The van der Waals surface area contributed by atoms with Crippen LogP contribution in [0.2, 0.25) is 0 Å². The van der Waals surface area contributed by atoms with Crippen LogP contribution in [0, 0.1) is 32.1 Å². The summed E-state index contributed by atoms with van der Waals surface area (Å²) in [7, 11) is 0. The van der Waals surface area contributed by atoms with E-state index >= 15 is 0 Å². The number of ketones is 1. The van der Waals surface area contributed by atoms with Gasteiger partial charge in [0.05, 0.1) is 23.2 Å². The third-order valence-electron chi connectivity index (χ3n) is 6.01. The maximum atomic E-state index is 13.2. The van der Waals surface area contributed by atoms with E-state index < -0.39 is 5.92 Å². The van der Waals surface area contributed by atoms with Crippen LogP contribution in [0.5, 0.6) is 0 Å². The molecule has 0 spiro atoms. The highest BCUT2D eigenvalue weighted by Crippen LogP contribution is 2.47. The van der Waals surface area contributed by atoms with Crippen molar-refractivity contribution in [1.82, 2.24) is 0 Å². The third-order valence-corrected chi connectivity index (χ3v) is 6.01. The average molecular weight is 383 g/mol. The van der Waals surface area contributed by atoms with E-state index in [0.717, 1.165) is 52.1 Å². The number of para-hydroxylation sites is 1. The number of benzene rings is 2. The number of hydrogen-bond acceptors (Lipinski definition) is 4. The SMILES string of the molecule is Cc1ccc([C@H]2C(C#N)=C(N)N(c3ccccc3C)C3=C2C(=O)CCC3)c(C)c1. The molecule has 0 radical (unpaired) electrons. The number of hydrogen-bond donors (Lipinski definition) is 1. The van der Waals surface area contributed by atoms with Crippen LogP contribution in [0.4, 0.5) is 5.69 Å². The average Bonchev–Trinajstić information content (AvgIpc) is 2.69. The first-order chi connectivity index (χ1) is 13.9. The molecule has 0 saturated heterocycles. The van der Waals surface area contributed by atoms with Gasteiger partial charge in [-0.15, -0.1) is 0 Å². The molecule has 0 aromatic heterocycles. The van der Waals surface area contributed by atoms with Gasteiger partial charge in [-0.2, -0.15) is 5.26 Å². The molecule has 2 N–H and O–H groups in total. The van der Waals surface area contributed by atoms with Gasteiger partial charge in [-0.05, 0) is 56.4 Å². The van der Waals surface area contributed by atoms with Crippen LogP contribution in [0.1, 0.15) is 47.4 Å². The van der Waals surface area contributed by atoms with Gasteiger partial charge < -0.3 is 5.73 Å². The minimum absolute atomic E-state index is 0.120. The molecule has 0 unspecified atom stereocenters. The van der Waals surface area contributed by atoms with E-state index in [2.05, 4.69) is 12.1 Å². The zero-order chi connectivity index (χ0) is 20.7. The van der Waals surface area contributed by atoms with Crippen molar-refractivity contribution in [1.29, 1.82) is 5.26 Å². The van der Waals surface area contributed by atoms with Crippen LogP contribution in [-0.2, 0) is 4.79 Å². The predicted octanol–water partition coefficient (Wildman–Crippen LogP) is 4.92. The number of nitriles is 1. The summed E-state index contributed by atoms with van der Waals surface area (Å²) in [5.41, 5.74) is 14.0. The van der Waals surface area contributed by atoms with Crippen LogP contribution in [-0.4, -0.2) is 5.78 Å². The van der Waals surface area contributed by atoms with Crippen molar-refractivity contribution in [3.05, 3.63) is 87.4 Å². The Kier molecular flexibility index (Phi) is 4.76. The number of allylic oxidation sites excluding steroid dienone is 3. The molecule has 2 aromatic carbocycles. The fourth-order valence-electron chi connectivity index (χ4n) is 4.64. The van der Waals surface area contributed by atoms with Crippen molar-refractivity contribution in [2.24, 2.45) is 5.73 Å². The minimum Gasteiger partial charge on any atom is -0.384 e. The minimum atomic E-state index is -0.399. The summed E-state index contributed by atoms with van der Waals surface area (Å²) in [6.07, 6.45) is 2.09. The second kappa shape index (κ2) is 7.25. The van der Waals surface area contributed by atoms with Gasteiger partial charge in [-0.3, -0.25) is 9.69 Å². The van der Waals surface area contributed by atoms with Crippen LogP contribution in [0.25, 0.3) is 0 Å². The largest absolute Gasteiger partial charge is 0.384 e. The molecule has 29 heavy (non-hydrogen) atoms. The molecule has 2 aromatic rings. The van der Waals surface area contributed by atoms with E-state index in [1.165, 1.54) is 0 Å². The number of nitrogens with two attached hydrogens (primary N) is 1. The Morgan fingerprint density at radius 2 is 1.83 bits per heavy atom. The molecule has 1 aliphatic heterocycles. The number of Topliss-reactive ketones (excluding diaryl/α,β-unsaturated/α-hetero) is 1. The molecular weight excluding hydrogens is 358 g/mol. The highest BCUT2D eigenvalue weighted by Gasteiger charge is 2.40. The van der Waals surface area contributed by atoms with Crippen LogP contribution in [0.3, 0.4) is 0 Å². The number of aryl methyl sites for hydroxylation is 3. The number of carbonyl (C=O) groups is 1. The molecule has 4 nitrogen and oxygen atoms in total.